The zero-order valence-electron chi connectivity index (χ0n) is 13.6. The Bertz CT molecular complexity index is 1440. The summed E-state index contributed by atoms with van der Waals surface area (Å²) in [7, 11) is 0. The summed E-state index contributed by atoms with van der Waals surface area (Å²) in [5, 5.41) is 13.0. The average Bonchev–Trinajstić information content (AvgIpc) is 2.64. The van der Waals surface area contributed by atoms with E-state index >= 15 is 0 Å². The van der Waals surface area contributed by atoms with Gasteiger partial charge in [0.2, 0.25) is 0 Å². The topological polar surface area (TPSA) is 26.0 Å². The number of hydrogen-bond acceptors (Lipinski definition) is 1. The number of nitrogens with two attached hydrogens (primary N) is 1. The first kappa shape index (κ1) is 13.0. The fraction of sp³-hybridized carbons (Fsp3) is 0. The Morgan fingerprint density at radius 3 is 1.80 bits per heavy atom. The minimum absolute atomic E-state index is 0.811. The van der Waals surface area contributed by atoms with Crippen molar-refractivity contribution in [2.75, 3.05) is 5.73 Å². The highest BCUT2D eigenvalue weighted by Gasteiger charge is 2.13. The number of hydrogen-bond donors (Lipinski definition) is 1. The molecule has 0 fully saturated rings. The Kier molecular flexibility index (Phi) is 2.29. The zero-order chi connectivity index (χ0) is 16.5. The van der Waals surface area contributed by atoms with E-state index in [0.717, 1.165) is 5.69 Å². The molecule has 0 aromatic heterocycles. The van der Waals surface area contributed by atoms with E-state index in [1.807, 2.05) is 6.07 Å². The van der Waals surface area contributed by atoms with Gasteiger partial charge in [-0.25, -0.2) is 0 Å². The SMILES string of the molecule is Nc1ccc2c(c1)cc1ccc3c4ccccc4cc4ccc2c1c43. The van der Waals surface area contributed by atoms with Crippen LogP contribution in [0.25, 0.3) is 53.9 Å². The van der Waals surface area contributed by atoms with Crippen molar-refractivity contribution in [1.82, 2.24) is 0 Å². The number of benzene rings is 6. The van der Waals surface area contributed by atoms with Crippen LogP contribution in [0.15, 0.2) is 78.9 Å². The molecule has 6 aromatic rings. The van der Waals surface area contributed by atoms with Crippen molar-refractivity contribution in [2.45, 2.75) is 0 Å². The van der Waals surface area contributed by atoms with Gasteiger partial charge in [0.05, 0.1) is 0 Å². The minimum Gasteiger partial charge on any atom is -0.399 e. The molecule has 0 bridgehead atoms. The van der Waals surface area contributed by atoms with E-state index in [1.54, 1.807) is 0 Å². The quantitative estimate of drug-likeness (QED) is 0.194. The van der Waals surface area contributed by atoms with Crippen LogP contribution < -0.4 is 5.73 Å². The maximum Gasteiger partial charge on any atom is 0.0320 e. The fourth-order valence-electron chi connectivity index (χ4n) is 4.39. The summed E-state index contributed by atoms with van der Waals surface area (Å²) in [4.78, 5) is 0. The van der Waals surface area contributed by atoms with Crippen LogP contribution in [0.3, 0.4) is 0 Å². The molecule has 6 rings (SSSR count). The monoisotopic (exact) mass is 317 g/mol. The molecule has 0 radical (unpaired) electrons. The van der Waals surface area contributed by atoms with Crippen molar-refractivity contribution >= 4 is 59.5 Å². The second-order valence-electron chi connectivity index (χ2n) is 6.88. The largest absolute Gasteiger partial charge is 0.399 e. The molecule has 0 spiro atoms. The highest BCUT2D eigenvalue weighted by molar-refractivity contribution is 6.32. The predicted octanol–water partition coefficient (Wildman–Crippen LogP) is 6.47. The molecule has 0 aliphatic carbocycles. The van der Waals surface area contributed by atoms with Crippen LogP contribution in [0, 0.1) is 0 Å². The molecule has 1 nitrogen and oxygen atoms in total. The molecule has 0 saturated heterocycles. The van der Waals surface area contributed by atoms with Crippen molar-refractivity contribution in [1.29, 1.82) is 0 Å². The van der Waals surface area contributed by atoms with Gasteiger partial charge in [-0.05, 0) is 78.1 Å². The van der Waals surface area contributed by atoms with Crippen molar-refractivity contribution in [3.05, 3.63) is 78.9 Å². The molecule has 0 amide bonds. The summed E-state index contributed by atoms with van der Waals surface area (Å²) in [5.41, 5.74) is 6.82. The van der Waals surface area contributed by atoms with Gasteiger partial charge >= 0.3 is 0 Å². The van der Waals surface area contributed by atoms with Crippen LogP contribution in [-0.4, -0.2) is 0 Å². The minimum atomic E-state index is 0.811. The van der Waals surface area contributed by atoms with Crippen molar-refractivity contribution in [3.63, 3.8) is 0 Å². The third-order valence-corrected chi connectivity index (χ3v) is 5.46. The number of nitrogen functional groups attached to an aromatic ring is 1. The van der Waals surface area contributed by atoms with Crippen molar-refractivity contribution in [2.24, 2.45) is 0 Å². The Labute approximate surface area is 144 Å². The van der Waals surface area contributed by atoms with Gasteiger partial charge in [-0.2, -0.15) is 0 Å². The lowest BCUT2D eigenvalue weighted by molar-refractivity contribution is 1.76. The third-order valence-electron chi connectivity index (χ3n) is 5.46. The molecule has 116 valence electrons. The van der Waals surface area contributed by atoms with E-state index in [9.17, 15) is 0 Å². The van der Waals surface area contributed by atoms with E-state index in [-0.39, 0.29) is 0 Å². The summed E-state index contributed by atoms with van der Waals surface area (Å²) in [5.74, 6) is 0. The van der Waals surface area contributed by atoms with Crippen molar-refractivity contribution < 1.29 is 0 Å². The summed E-state index contributed by atoms with van der Waals surface area (Å²) >= 11 is 0. The van der Waals surface area contributed by atoms with Crippen LogP contribution in [0.4, 0.5) is 5.69 Å². The number of fused-ring (bicyclic) bond motifs is 4. The van der Waals surface area contributed by atoms with Gasteiger partial charge in [-0.3, -0.25) is 0 Å². The molecular formula is C24H15N. The van der Waals surface area contributed by atoms with Crippen LogP contribution in [0.2, 0.25) is 0 Å². The van der Waals surface area contributed by atoms with E-state index in [0.29, 0.717) is 0 Å². The van der Waals surface area contributed by atoms with Gasteiger partial charge < -0.3 is 5.73 Å². The lowest BCUT2D eigenvalue weighted by Crippen LogP contribution is -1.88. The van der Waals surface area contributed by atoms with Gasteiger partial charge in [0, 0.05) is 5.69 Å². The molecule has 0 atom stereocenters. The highest BCUT2D eigenvalue weighted by Crippen LogP contribution is 2.41. The van der Waals surface area contributed by atoms with Crippen LogP contribution in [-0.2, 0) is 0 Å². The normalized spacial score (nSPS) is 12.2. The molecule has 0 unspecified atom stereocenters. The predicted molar refractivity (Wildman–Crippen MR) is 110 cm³/mol. The van der Waals surface area contributed by atoms with Crippen molar-refractivity contribution in [3.8, 4) is 0 Å². The maximum atomic E-state index is 6.01. The van der Waals surface area contributed by atoms with Gasteiger partial charge in [0.15, 0.2) is 0 Å². The molecule has 0 saturated carbocycles. The summed E-state index contributed by atoms with van der Waals surface area (Å²) < 4.78 is 0. The van der Waals surface area contributed by atoms with E-state index in [2.05, 4.69) is 72.8 Å². The number of rotatable bonds is 0. The first-order valence-corrected chi connectivity index (χ1v) is 8.58. The van der Waals surface area contributed by atoms with Gasteiger partial charge in [0.1, 0.15) is 0 Å². The smallest absolute Gasteiger partial charge is 0.0320 e. The van der Waals surface area contributed by atoms with E-state index in [4.69, 9.17) is 5.73 Å². The van der Waals surface area contributed by atoms with E-state index in [1.165, 1.54) is 53.9 Å². The van der Waals surface area contributed by atoms with Gasteiger partial charge in [-0.1, -0.05) is 54.6 Å². The highest BCUT2D eigenvalue weighted by atomic mass is 14.5. The molecular weight excluding hydrogens is 302 g/mol. The van der Waals surface area contributed by atoms with Crippen LogP contribution in [0.5, 0.6) is 0 Å². The molecule has 6 aromatic carbocycles. The maximum absolute atomic E-state index is 6.01. The van der Waals surface area contributed by atoms with Crippen LogP contribution >= 0.6 is 0 Å². The molecule has 0 heterocycles. The molecule has 0 aliphatic rings. The number of anilines is 1. The van der Waals surface area contributed by atoms with Gasteiger partial charge in [-0.15, -0.1) is 0 Å². The summed E-state index contributed by atoms with van der Waals surface area (Å²) in [6, 6.07) is 28.5. The molecule has 2 N–H and O–H groups in total. The molecule has 25 heavy (non-hydrogen) atoms. The first-order chi connectivity index (χ1) is 12.3. The van der Waals surface area contributed by atoms with E-state index < -0.39 is 0 Å². The second kappa shape index (κ2) is 4.40. The fourth-order valence-corrected chi connectivity index (χ4v) is 4.39. The molecule has 0 aliphatic heterocycles. The third kappa shape index (κ3) is 1.62. The molecule has 1 heteroatoms. The Hall–Kier alpha value is -3.32. The summed E-state index contributed by atoms with van der Waals surface area (Å²) in [6.07, 6.45) is 0. The average molecular weight is 317 g/mol. The standard InChI is InChI=1S/C24H15N/c25-18-7-10-20-17(13-18)12-16-6-8-21-19-4-2-1-3-14(19)11-15-5-9-22(20)24(16)23(15)21/h1-13H,25H2. The second-order valence-corrected chi connectivity index (χ2v) is 6.88. The Balaban J connectivity index is 1.96. The lowest BCUT2D eigenvalue weighted by atomic mass is 9.89. The zero-order valence-corrected chi connectivity index (χ0v) is 13.6. The summed E-state index contributed by atoms with van der Waals surface area (Å²) in [6.45, 7) is 0. The Morgan fingerprint density at radius 2 is 1.04 bits per heavy atom. The van der Waals surface area contributed by atoms with Gasteiger partial charge in [0.25, 0.3) is 0 Å². The Morgan fingerprint density at radius 1 is 0.440 bits per heavy atom. The first-order valence-electron chi connectivity index (χ1n) is 8.58. The lowest BCUT2D eigenvalue weighted by Gasteiger charge is -2.15. The van der Waals surface area contributed by atoms with Crippen LogP contribution in [0.1, 0.15) is 0 Å².